The van der Waals surface area contributed by atoms with E-state index in [9.17, 15) is 4.79 Å². The molecule has 5 heteroatoms. The number of nitrogen functional groups attached to an aromatic ring is 1. The van der Waals surface area contributed by atoms with Crippen molar-refractivity contribution in [2.75, 3.05) is 12.3 Å². The molecular formula is C15H15BrN2OS. The summed E-state index contributed by atoms with van der Waals surface area (Å²) < 4.78 is 1.03. The van der Waals surface area contributed by atoms with Gasteiger partial charge in [0, 0.05) is 18.8 Å². The van der Waals surface area contributed by atoms with Gasteiger partial charge >= 0.3 is 0 Å². The van der Waals surface area contributed by atoms with Crippen molar-refractivity contribution in [2.45, 2.75) is 19.9 Å². The zero-order chi connectivity index (χ0) is 14.3. The van der Waals surface area contributed by atoms with Crippen molar-refractivity contribution in [1.82, 2.24) is 4.90 Å². The molecule has 2 heterocycles. The predicted octanol–water partition coefficient (Wildman–Crippen LogP) is 3.60. The van der Waals surface area contributed by atoms with Crippen LogP contribution in [0.3, 0.4) is 0 Å². The highest BCUT2D eigenvalue weighted by Crippen LogP contribution is 2.30. The molecule has 2 aromatic rings. The molecule has 0 bridgehead atoms. The number of nitrogens with two attached hydrogens (primary N) is 1. The minimum absolute atomic E-state index is 0.108. The number of carbonyl (C=O) groups excluding carboxylic acids is 1. The highest BCUT2D eigenvalue weighted by Gasteiger charge is 2.23. The largest absolute Gasteiger partial charge is 0.399 e. The van der Waals surface area contributed by atoms with Crippen molar-refractivity contribution in [3.8, 4) is 0 Å². The summed E-state index contributed by atoms with van der Waals surface area (Å²) in [6.45, 7) is 3.42. The number of carbonyl (C=O) groups is 1. The van der Waals surface area contributed by atoms with E-state index >= 15 is 0 Å². The van der Waals surface area contributed by atoms with E-state index in [-0.39, 0.29) is 5.91 Å². The molecule has 2 N–H and O–H groups in total. The molecular weight excluding hydrogens is 336 g/mol. The predicted molar refractivity (Wildman–Crippen MR) is 86.1 cm³/mol. The van der Waals surface area contributed by atoms with Gasteiger partial charge in [0.05, 0.1) is 8.66 Å². The highest BCUT2D eigenvalue weighted by atomic mass is 79.9. The Bertz CT molecular complexity index is 661. The van der Waals surface area contributed by atoms with Crippen LogP contribution in [0.25, 0.3) is 0 Å². The lowest BCUT2D eigenvalue weighted by atomic mass is 9.99. The number of amides is 1. The first-order chi connectivity index (χ1) is 9.54. The van der Waals surface area contributed by atoms with Gasteiger partial charge in [-0.1, -0.05) is 6.07 Å². The Morgan fingerprint density at radius 1 is 1.35 bits per heavy atom. The molecule has 0 saturated heterocycles. The van der Waals surface area contributed by atoms with E-state index in [1.165, 1.54) is 16.9 Å². The summed E-state index contributed by atoms with van der Waals surface area (Å²) >= 11 is 4.98. The molecule has 0 aliphatic carbocycles. The zero-order valence-electron chi connectivity index (χ0n) is 11.1. The van der Waals surface area contributed by atoms with E-state index in [0.717, 1.165) is 38.4 Å². The number of benzene rings is 1. The molecule has 0 fully saturated rings. The number of anilines is 1. The SMILES string of the molecule is Cc1cc(C(=O)N2CCc3ccc(N)cc3C2)sc1Br. The average molecular weight is 351 g/mol. The Hall–Kier alpha value is -1.33. The minimum atomic E-state index is 0.108. The molecule has 0 unspecified atom stereocenters. The molecule has 0 radical (unpaired) electrons. The lowest BCUT2D eigenvalue weighted by Crippen LogP contribution is -2.35. The van der Waals surface area contributed by atoms with Crippen molar-refractivity contribution in [2.24, 2.45) is 0 Å². The standard InChI is InChI=1S/C15H15BrN2OS/c1-9-6-13(20-14(9)16)15(19)18-5-4-10-2-3-12(17)7-11(10)8-18/h2-3,6-7H,4-5,8,17H2,1H3. The number of aryl methyl sites for hydroxylation is 1. The number of hydrogen-bond donors (Lipinski definition) is 1. The number of rotatable bonds is 1. The maximum absolute atomic E-state index is 12.5. The summed E-state index contributed by atoms with van der Waals surface area (Å²) in [6.07, 6.45) is 0.896. The molecule has 3 rings (SSSR count). The number of halogens is 1. The van der Waals surface area contributed by atoms with Crippen LogP contribution in [-0.4, -0.2) is 17.4 Å². The van der Waals surface area contributed by atoms with E-state index < -0.39 is 0 Å². The second-order valence-corrected chi connectivity index (χ2v) is 7.44. The Morgan fingerprint density at radius 3 is 2.85 bits per heavy atom. The smallest absolute Gasteiger partial charge is 0.264 e. The first-order valence-corrected chi connectivity index (χ1v) is 8.08. The quantitative estimate of drug-likeness (QED) is 0.798. The number of hydrogen-bond acceptors (Lipinski definition) is 3. The molecule has 104 valence electrons. The Kier molecular flexibility index (Phi) is 3.56. The van der Waals surface area contributed by atoms with E-state index in [4.69, 9.17) is 5.73 Å². The van der Waals surface area contributed by atoms with Gasteiger partial charge in [0.25, 0.3) is 5.91 Å². The van der Waals surface area contributed by atoms with Crippen LogP contribution in [0.5, 0.6) is 0 Å². The molecule has 0 saturated carbocycles. The number of thiophene rings is 1. The molecule has 1 aliphatic heterocycles. The normalized spacial score (nSPS) is 14.2. The van der Waals surface area contributed by atoms with Gasteiger partial charge in [0.1, 0.15) is 0 Å². The molecule has 0 atom stereocenters. The third-order valence-electron chi connectivity index (χ3n) is 3.60. The van der Waals surface area contributed by atoms with Gasteiger partial charge in [0.15, 0.2) is 0 Å². The van der Waals surface area contributed by atoms with Gasteiger partial charge in [-0.25, -0.2) is 0 Å². The van der Waals surface area contributed by atoms with Gasteiger partial charge in [-0.05, 0) is 64.2 Å². The Morgan fingerprint density at radius 2 is 2.15 bits per heavy atom. The van der Waals surface area contributed by atoms with Crippen molar-refractivity contribution in [3.05, 3.63) is 49.6 Å². The van der Waals surface area contributed by atoms with Gasteiger partial charge in [0.2, 0.25) is 0 Å². The molecule has 1 aromatic carbocycles. The van der Waals surface area contributed by atoms with Crippen molar-refractivity contribution in [1.29, 1.82) is 0 Å². The Labute approximate surface area is 130 Å². The van der Waals surface area contributed by atoms with Gasteiger partial charge in [-0.3, -0.25) is 4.79 Å². The topological polar surface area (TPSA) is 46.3 Å². The van der Waals surface area contributed by atoms with Crippen molar-refractivity contribution < 1.29 is 4.79 Å². The number of fused-ring (bicyclic) bond motifs is 1. The fourth-order valence-corrected chi connectivity index (χ4v) is 3.97. The first-order valence-electron chi connectivity index (χ1n) is 6.47. The van der Waals surface area contributed by atoms with Crippen LogP contribution in [0.2, 0.25) is 0 Å². The Balaban J connectivity index is 1.84. The van der Waals surface area contributed by atoms with Crippen LogP contribution >= 0.6 is 27.3 Å². The molecule has 1 amide bonds. The summed E-state index contributed by atoms with van der Waals surface area (Å²) in [7, 11) is 0. The summed E-state index contributed by atoms with van der Waals surface area (Å²) in [5.41, 5.74) is 10.2. The molecule has 3 nitrogen and oxygen atoms in total. The second kappa shape index (κ2) is 5.22. The minimum Gasteiger partial charge on any atom is -0.399 e. The van der Waals surface area contributed by atoms with Crippen LogP contribution in [-0.2, 0) is 13.0 Å². The summed E-state index contributed by atoms with van der Waals surface area (Å²) in [5, 5.41) is 0. The van der Waals surface area contributed by atoms with Crippen LogP contribution in [0, 0.1) is 6.92 Å². The van der Waals surface area contributed by atoms with Crippen LogP contribution in [0.15, 0.2) is 28.1 Å². The average Bonchev–Trinajstić information content (AvgIpc) is 2.77. The molecule has 0 spiro atoms. The van der Waals surface area contributed by atoms with E-state index in [1.807, 2.05) is 30.0 Å². The zero-order valence-corrected chi connectivity index (χ0v) is 13.6. The van der Waals surface area contributed by atoms with Gasteiger partial charge in [-0.15, -0.1) is 11.3 Å². The number of nitrogens with zero attached hydrogens (tertiary/aromatic N) is 1. The van der Waals surface area contributed by atoms with E-state index in [0.29, 0.717) is 6.54 Å². The van der Waals surface area contributed by atoms with Crippen molar-refractivity contribution >= 4 is 38.9 Å². The monoisotopic (exact) mass is 350 g/mol. The van der Waals surface area contributed by atoms with Crippen LogP contribution in [0.1, 0.15) is 26.4 Å². The molecule has 1 aromatic heterocycles. The van der Waals surface area contributed by atoms with E-state index in [1.54, 1.807) is 0 Å². The van der Waals surface area contributed by atoms with Gasteiger partial charge < -0.3 is 10.6 Å². The lowest BCUT2D eigenvalue weighted by Gasteiger charge is -2.28. The second-order valence-electron chi connectivity index (χ2n) is 5.07. The highest BCUT2D eigenvalue weighted by molar-refractivity contribution is 9.11. The third-order valence-corrected chi connectivity index (χ3v) is 5.72. The lowest BCUT2D eigenvalue weighted by molar-refractivity contribution is 0.0739. The summed E-state index contributed by atoms with van der Waals surface area (Å²) in [6, 6.07) is 7.92. The van der Waals surface area contributed by atoms with E-state index in [2.05, 4.69) is 22.0 Å². The first kappa shape index (κ1) is 13.6. The maximum atomic E-state index is 12.5. The fourth-order valence-electron chi connectivity index (χ4n) is 2.47. The summed E-state index contributed by atoms with van der Waals surface area (Å²) in [5.74, 6) is 0.108. The summed E-state index contributed by atoms with van der Waals surface area (Å²) in [4.78, 5) is 15.2. The van der Waals surface area contributed by atoms with Crippen LogP contribution in [0.4, 0.5) is 5.69 Å². The molecule has 1 aliphatic rings. The maximum Gasteiger partial charge on any atom is 0.264 e. The van der Waals surface area contributed by atoms with Crippen molar-refractivity contribution in [3.63, 3.8) is 0 Å². The fraction of sp³-hybridized carbons (Fsp3) is 0.267. The third kappa shape index (κ3) is 2.47. The van der Waals surface area contributed by atoms with Gasteiger partial charge in [-0.2, -0.15) is 0 Å². The van der Waals surface area contributed by atoms with Crippen LogP contribution < -0.4 is 5.73 Å². The molecule has 20 heavy (non-hydrogen) atoms.